The van der Waals surface area contributed by atoms with Gasteiger partial charge >= 0.3 is 0 Å². The van der Waals surface area contributed by atoms with Crippen LogP contribution < -0.4 is 11.1 Å². The van der Waals surface area contributed by atoms with E-state index in [1.165, 1.54) is 0 Å². The van der Waals surface area contributed by atoms with Crippen LogP contribution in [-0.4, -0.2) is 20.8 Å². The van der Waals surface area contributed by atoms with E-state index in [0.29, 0.717) is 5.69 Å². The zero-order valence-corrected chi connectivity index (χ0v) is 11.2. The number of hydrogen-bond acceptors (Lipinski definition) is 5. The number of nitro groups is 1. The Bertz CT molecular complexity index is 887. The molecule has 1 amide bonds. The van der Waals surface area contributed by atoms with Crippen molar-refractivity contribution >= 4 is 34.0 Å². The van der Waals surface area contributed by atoms with Crippen molar-refractivity contribution in [1.82, 2.24) is 9.97 Å². The second kappa shape index (κ2) is 5.17. The summed E-state index contributed by atoms with van der Waals surface area (Å²) >= 11 is 0. The lowest BCUT2D eigenvalue weighted by Gasteiger charge is -2.09. The van der Waals surface area contributed by atoms with E-state index in [0.717, 1.165) is 23.2 Å². The number of fused-ring (bicyclic) bond motifs is 1. The normalized spacial score (nSPS) is 10.5. The van der Waals surface area contributed by atoms with Gasteiger partial charge in [-0.1, -0.05) is 0 Å². The summed E-state index contributed by atoms with van der Waals surface area (Å²) in [5.74, 6) is -0.616. The highest BCUT2D eigenvalue weighted by Crippen LogP contribution is 2.24. The molecule has 8 nitrogen and oxygen atoms in total. The number of amides is 1. The minimum Gasteiger partial charge on any atom is -0.365 e. The van der Waals surface area contributed by atoms with Gasteiger partial charge in [0.05, 0.1) is 10.5 Å². The number of pyridine rings is 1. The van der Waals surface area contributed by atoms with Crippen LogP contribution in [-0.2, 0) is 0 Å². The van der Waals surface area contributed by atoms with Gasteiger partial charge in [0.2, 0.25) is 0 Å². The van der Waals surface area contributed by atoms with E-state index in [-0.39, 0.29) is 17.1 Å². The average molecular weight is 297 g/mol. The summed E-state index contributed by atoms with van der Waals surface area (Å²) in [7, 11) is 0. The van der Waals surface area contributed by atoms with Crippen molar-refractivity contribution in [3.8, 4) is 0 Å². The first kappa shape index (κ1) is 13.6. The maximum Gasteiger partial charge on any atom is 0.288 e. The number of H-pyrrole nitrogens is 1. The molecule has 0 radical (unpaired) electrons. The van der Waals surface area contributed by atoms with Crippen LogP contribution in [0, 0.1) is 10.1 Å². The largest absolute Gasteiger partial charge is 0.365 e. The van der Waals surface area contributed by atoms with Crippen molar-refractivity contribution in [1.29, 1.82) is 0 Å². The Hall–Kier alpha value is -3.42. The number of carbonyl (C=O) groups is 1. The third-order valence-corrected chi connectivity index (χ3v) is 3.17. The number of anilines is 2. The van der Waals surface area contributed by atoms with E-state index >= 15 is 0 Å². The van der Waals surface area contributed by atoms with E-state index in [9.17, 15) is 14.9 Å². The minimum atomic E-state index is -0.790. The van der Waals surface area contributed by atoms with E-state index in [1.807, 2.05) is 24.4 Å². The summed E-state index contributed by atoms with van der Waals surface area (Å²) in [6.45, 7) is 0. The fourth-order valence-corrected chi connectivity index (χ4v) is 2.11. The Morgan fingerprint density at radius 1 is 1.32 bits per heavy atom. The maximum atomic E-state index is 11.5. The molecule has 0 fully saturated rings. The molecule has 0 bridgehead atoms. The summed E-state index contributed by atoms with van der Waals surface area (Å²) in [5, 5.41) is 14.7. The van der Waals surface area contributed by atoms with Gasteiger partial charge in [-0.2, -0.15) is 0 Å². The highest BCUT2D eigenvalue weighted by Gasteiger charge is 2.16. The first-order valence-corrected chi connectivity index (χ1v) is 6.33. The van der Waals surface area contributed by atoms with Gasteiger partial charge in [0.25, 0.3) is 11.6 Å². The summed E-state index contributed by atoms with van der Waals surface area (Å²) in [6, 6.07) is 8.53. The molecule has 0 aliphatic carbocycles. The molecular formula is C14H11N5O3. The van der Waals surface area contributed by atoms with Crippen LogP contribution in [0.4, 0.5) is 17.2 Å². The molecule has 2 aromatic heterocycles. The molecule has 0 unspecified atom stereocenters. The fraction of sp³-hybridized carbons (Fsp3) is 0. The van der Waals surface area contributed by atoms with E-state index in [2.05, 4.69) is 15.3 Å². The summed E-state index contributed by atoms with van der Waals surface area (Å²) in [6.07, 6.45) is 2.89. The van der Waals surface area contributed by atoms with Crippen LogP contribution in [0.2, 0.25) is 0 Å². The number of primary amides is 1. The molecule has 2 heterocycles. The lowest BCUT2D eigenvalue weighted by Crippen LogP contribution is -2.14. The summed E-state index contributed by atoms with van der Waals surface area (Å²) < 4.78 is 0. The predicted molar refractivity (Wildman–Crippen MR) is 81.0 cm³/mol. The molecule has 0 aliphatic rings. The molecule has 8 heteroatoms. The van der Waals surface area contributed by atoms with Crippen molar-refractivity contribution in [2.75, 3.05) is 5.32 Å². The Balaban J connectivity index is 2.00. The zero-order valence-electron chi connectivity index (χ0n) is 11.2. The third-order valence-electron chi connectivity index (χ3n) is 3.17. The first-order valence-electron chi connectivity index (χ1n) is 6.33. The third kappa shape index (κ3) is 2.44. The molecule has 3 aromatic rings. The number of nitrogens with zero attached hydrogens (tertiary/aromatic N) is 2. The molecule has 0 saturated carbocycles. The van der Waals surface area contributed by atoms with E-state index < -0.39 is 10.8 Å². The van der Waals surface area contributed by atoms with Crippen molar-refractivity contribution in [3.05, 3.63) is 58.4 Å². The number of nitrogens with one attached hydrogen (secondary N) is 2. The maximum absolute atomic E-state index is 11.5. The van der Waals surface area contributed by atoms with Gasteiger partial charge in [-0.25, -0.2) is 4.98 Å². The molecule has 4 N–H and O–H groups in total. The molecule has 1 aromatic carbocycles. The Labute approximate surface area is 124 Å². The fourth-order valence-electron chi connectivity index (χ4n) is 2.11. The predicted octanol–water partition coefficient (Wildman–Crippen LogP) is 2.31. The van der Waals surface area contributed by atoms with Crippen LogP contribution in [0.25, 0.3) is 10.9 Å². The highest BCUT2D eigenvalue weighted by molar-refractivity contribution is 5.99. The number of benzene rings is 1. The van der Waals surface area contributed by atoms with Crippen LogP contribution in [0.3, 0.4) is 0 Å². The van der Waals surface area contributed by atoms with Gasteiger partial charge in [0.15, 0.2) is 0 Å². The standard InChI is InChI=1S/C14H11N5O3/c15-13(20)11-6-10(19(21)22)7-17-14(11)18-9-1-2-12-8(5-9)3-4-16-12/h1-7,16H,(H2,15,20)(H,17,18). The van der Waals surface area contributed by atoms with Gasteiger partial charge in [-0.05, 0) is 24.3 Å². The van der Waals surface area contributed by atoms with Gasteiger partial charge in [0.1, 0.15) is 12.0 Å². The minimum absolute atomic E-state index is 0.0386. The smallest absolute Gasteiger partial charge is 0.288 e. The van der Waals surface area contributed by atoms with Crippen molar-refractivity contribution in [2.24, 2.45) is 5.73 Å². The number of hydrogen-bond donors (Lipinski definition) is 3. The molecular weight excluding hydrogens is 286 g/mol. The molecule has 0 aliphatic heterocycles. The molecule has 3 rings (SSSR count). The number of nitrogens with two attached hydrogens (primary N) is 1. The second-order valence-corrected chi connectivity index (χ2v) is 4.62. The Morgan fingerprint density at radius 3 is 2.86 bits per heavy atom. The lowest BCUT2D eigenvalue weighted by molar-refractivity contribution is -0.385. The number of aromatic nitrogens is 2. The number of aromatic amines is 1. The SMILES string of the molecule is NC(=O)c1cc([N+](=O)[O-])cnc1Nc1ccc2[nH]ccc2c1. The number of rotatable bonds is 4. The topological polar surface area (TPSA) is 127 Å². The van der Waals surface area contributed by atoms with Crippen LogP contribution in [0.15, 0.2) is 42.7 Å². The van der Waals surface area contributed by atoms with Gasteiger partial charge in [-0.15, -0.1) is 0 Å². The summed E-state index contributed by atoms with van der Waals surface area (Å²) in [4.78, 5) is 28.6. The molecule has 0 saturated heterocycles. The van der Waals surface area contributed by atoms with Gasteiger partial charge in [0, 0.05) is 28.9 Å². The van der Waals surface area contributed by atoms with Crippen LogP contribution >= 0.6 is 0 Å². The molecule has 110 valence electrons. The highest BCUT2D eigenvalue weighted by atomic mass is 16.6. The average Bonchev–Trinajstić information content (AvgIpc) is 2.94. The molecule has 0 atom stereocenters. The van der Waals surface area contributed by atoms with Crippen LogP contribution in [0.5, 0.6) is 0 Å². The Morgan fingerprint density at radius 2 is 2.14 bits per heavy atom. The monoisotopic (exact) mass is 297 g/mol. The van der Waals surface area contributed by atoms with Crippen molar-refractivity contribution in [2.45, 2.75) is 0 Å². The second-order valence-electron chi connectivity index (χ2n) is 4.62. The molecule has 22 heavy (non-hydrogen) atoms. The van der Waals surface area contributed by atoms with Crippen molar-refractivity contribution < 1.29 is 9.72 Å². The Kier molecular flexibility index (Phi) is 3.18. The molecule has 0 spiro atoms. The number of carbonyl (C=O) groups excluding carboxylic acids is 1. The quantitative estimate of drug-likeness (QED) is 0.503. The van der Waals surface area contributed by atoms with E-state index in [1.54, 1.807) is 6.07 Å². The van der Waals surface area contributed by atoms with Gasteiger partial charge in [-0.3, -0.25) is 14.9 Å². The van der Waals surface area contributed by atoms with E-state index in [4.69, 9.17) is 5.73 Å². The van der Waals surface area contributed by atoms with Crippen molar-refractivity contribution in [3.63, 3.8) is 0 Å². The zero-order chi connectivity index (χ0) is 15.7. The summed E-state index contributed by atoms with van der Waals surface area (Å²) in [5.41, 5.74) is 6.60. The van der Waals surface area contributed by atoms with Crippen LogP contribution in [0.1, 0.15) is 10.4 Å². The van der Waals surface area contributed by atoms with Gasteiger partial charge < -0.3 is 16.0 Å². The lowest BCUT2D eigenvalue weighted by atomic mass is 10.2. The first-order chi connectivity index (χ1) is 10.5.